The second-order valence-electron chi connectivity index (χ2n) is 4.84. The van der Waals surface area contributed by atoms with Crippen molar-refractivity contribution in [3.05, 3.63) is 0 Å². The molecule has 0 radical (unpaired) electrons. The van der Waals surface area contributed by atoms with Gasteiger partial charge in [-0.2, -0.15) is 0 Å². The first-order valence-corrected chi connectivity index (χ1v) is 6.97. The van der Waals surface area contributed by atoms with Crippen LogP contribution in [0.25, 0.3) is 0 Å². The Balaban J connectivity index is 3.35. The van der Waals surface area contributed by atoms with Crippen LogP contribution in [0.5, 0.6) is 0 Å². The lowest BCUT2D eigenvalue weighted by molar-refractivity contribution is 0.400. The molecule has 92 valence electrons. The van der Waals surface area contributed by atoms with E-state index in [0.717, 1.165) is 5.92 Å². The highest BCUT2D eigenvalue weighted by Gasteiger charge is 2.05. The monoisotopic (exact) mass is 213 g/mol. The van der Waals surface area contributed by atoms with Crippen LogP contribution in [0.15, 0.2) is 0 Å². The van der Waals surface area contributed by atoms with Crippen molar-refractivity contribution in [3.63, 3.8) is 0 Å². The molecule has 0 saturated heterocycles. The molecule has 0 heterocycles. The van der Waals surface area contributed by atoms with Crippen molar-refractivity contribution in [2.24, 2.45) is 5.92 Å². The van der Waals surface area contributed by atoms with Gasteiger partial charge < -0.3 is 5.32 Å². The molecule has 0 aliphatic heterocycles. The summed E-state index contributed by atoms with van der Waals surface area (Å²) in [5.74, 6) is 0.878. The molecule has 0 fully saturated rings. The van der Waals surface area contributed by atoms with Gasteiger partial charge >= 0.3 is 0 Å². The molecule has 0 aromatic rings. The summed E-state index contributed by atoms with van der Waals surface area (Å²) in [6.45, 7) is 10.4. The first kappa shape index (κ1) is 15.0. The van der Waals surface area contributed by atoms with E-state index >= 15 is 0 Å². The smallest absolute Gasteiger partial charge is 0.00388 e. The van der Waals surface area contributed by atoms with Gasteiger partial charge in [0.05, 0.1) is 0 Å². The molecular weight excluding hydrogens is 182 g/mol. The average Bonchev–Trinajstić information content (AvgIpc) is 2.26. The zero-order valence-electron chi connectivity index (χ0n) is 11.3. The fraction of sp³-hybridized carbons (Fsp3) is 1.00. The van der Waals surface area contributed by atoms with Gasteiger partial charge in [0.25, 0.3) is 0 Å². The predicted octanol–water partition coefficient (Wildman–Crippen LogP) is 4.37. The highest BCUT2D eigenvalue weighted by Crippen LogP contribution is 2.08. The molecular formula is C14H31N. The second kappa shape index (κ2) is 10.5. The van der Waals surface area contributed by atoms with Crippen molar-refractivity contribution in [3.8, 4) is 0 Å². The summed E-state index contributed by atoms with van der Waals surface area (Å²) >= 11 is 0. The highest BCUT2D eigenvalue weighted by molar-refractivity contribution is 4.65. The molecule has 1 atom stereocenters. The lowest BCUT2D eigenvalue weighted by Crippen LogP contribution is -2.30. The first-order valence-electron chi connectivity index (χ1n) is 6.97. The van der Waals surface area contributed by atoms with Crippen LogP contribution >= 0.6 is 0 Å². The highest BCUT2D eigenvalue weighted by atomic mass is 14.9. The van der Waals surface area contributed by atoms with E-state index in [4.69, 9.17) is 0 Å². The van der Waals surface area contributed by atoms with E-state index in [-0.39, 0.29) is 0 Å². The zero-order valence-corrected chi connectivity index (χ0v) is 11.3. The fourth-order valence-corrected chi connectivity index (χ4v) is 1.92. The van der Waals surface area contributed by atoms with Gasteiger partial charge in [0.1, 0.15) is 0 Å². The maximum absolute atomic E-state index is 3.66. The summed E-state index contributed by atoms with van der Waals surface area (Å²) in [6.07, 6.45) is 9.52. The first-order chi connectivity index (χ1) is 7.24. The molecule has 0 aliphatic carbocycles. The molecule has 0 spiro atoms. The molecule has 1 N–H and O–H groups in total. The molecule has 1 unspecified atom stereocenters. The molecule has 0 aliphatic rings. The third-order valence-corrected chi connectivity index (χ3v) is 3.40. The number of unbranched alkanes of at least 4 members (excludes halogenated alkanes) is 3. The lowest BCUT2D eigenvalue weighted by Gasteiger charge is -2.18. The maximum atomic E-state index is 3.66. The number of hydrogen-bond donors (Lipinski definition) is 1. The second-order valence-corrected chi connectivity index (χ2v) is 4.84. The number of nitrogens with one attached hydrogen (secondary N) is 1. The van der Waals surface area contributed by atoms with E-state index in [1.807, 2.05) is 0 Å². The van der Waals surface area contributed by atoms with Crippen LogP contribution < -0.4 is 5.32 Å². The number of hydrogen-bond acceptors (Lipinski definition) is 1. The van der Waals surface area contributed by atoms with Crippen LogP contribution in [-0.4, -0.2) is 12.6 Å². The van der Waals surface area contributed by atoms with E-state index in [9.17, 15) is 0 Å². The molecule has 1 nitrogen and oxygen atoms in total. The summed E-state index contributed by atoms with van der Waals surface area (Å²) in [5, 5.41) is 3.66. The van der Waals surface area contributed by atoms with Crippen molar-refractivity contribution >= 4 is 0 Å². The normalized spacial score (nSPS) is 13.4. The molecule has 1 heteroatoms. The maximum Gasteiger partial charge on any atom is 0.00388 e. The van der Waals surface area contributed by atoms with Gasteiger partial charge in [0.2, 0.25) is 0 Å². The topological polar surface area (TPSA) is 12.0 Å². The average molecular weight is 213 g/mol. The minimum absolute atomic E-state index is 0.711. The summed E-state index contributed by atoms with van der Waals surface area (Å²) in [7, 11) is 0. The van der Waals surface area contributed by atoms with Crippen LogP contribution in [0.2, 0.25) is 0 Å². The van der Waals surface area contributed by atoms with Gasteiger partial charge in [-0.1, -0.05) is 59.3 Å². The Bertz CT molecular complexity index is 119. The van der Waals surface area contributed by atoms with Gasteiger partial charge in [0, 0.05) is 6.04 Å². The van der Waals surface area contributed by atoms with Crippen molar-refractivity contribution in [2.75, 3.05) is 6.54 Å². The largest absolute Gasteiger partial charge is 0.314 e. The van der Waals surface area contributed by atoms with E-state index in [2.05, 4.69) is 33.0 Å². The molecule has 0 aromatic heterocycles. The summed E-state index contributed by atoms with van der Waals surface area (Å²) in [4.78, 5) is 0. The van der Waals surface area contributed by atoms with Crippen molar-refractivity contribution < 1.29 is 0 Å². The summed E-state index contributed by atoms with van der Waals surface area (Å²) < 4.78 is 0. The van der Waals surface area contributed by atoms with Gasteiger partial charge in [-0.3, -0.25) is 0 Å². The quantitative estimate of drug-likeness (QED) is 0.531. The summed E-state index contributed by atoms with van der Waals surface area (Å²) in [6, 6.07) is 0.711. The van der Waals surface area contributed by atoms with Crippen LogP contribution in [0.3, 0.4) is 0 Å². The minimum atomic E-state index is 0.711. The van der Waals surface area contributed by atoms with E-state index in [1.54, 1.807) is 0 Å². The van der Waals surface area contributed by atoms with Crippen molar-refractivity contribution in [1.29, 1.82) is 0 Å². The van der Waals surface area contributed by atoms with Gasteiger partial charge in [0.15, 0.2) is 0 Å². The van der Waals surface area contributed by atoms with Crippen molar-refractivity contribution in [2.45, 2.75) is 78.7 Å². The Morgan fingerprint density at radius 3 is 2.13 bits per heavy atom. The van der Waals surface area contributed by atoms with Crippen LogP contribution in [0.4, 0.5) is 0 Å². The van der Waals surface area contributed by atoms with E-state index in [1.165, 1.54) is 51.5 Å². The standard InChI is InChI=1S/C14H31N/c1-5-8-9-10-11-13(4)15-12-14(6-2)7-3/h13-15H,5-12H2,1-4H3. The SMILES string of the molecule is CCCCCCC(C)NCC(CC)CC. The summed E-state index contributed by atoms with van der Waals surface area (Å²) in [5.41, 5.74) is 0. The Labute approximate surface area is 97.0 Å². The Morgan fingerprint density at radius 1 is 0.933 bits per heavy atom. The van der Waals surface area contributed by atoms with Crippen LogP contribution in [0, 0.1) is 5.92 Å². The zero-order chi connectivity index (χ0) is 11.5. The number of rotatable bonds is 10. The van der Waals surface area contributed by atoms with Gasteiger partial charge in [-0.05, 0) is 25.8 Å². The predicted molar refractivity (Wildman–Crippen MR) is 70.3 cm³/mol. The van der Waals surface area contributed by atoms with Gasteiger partial charge in [-0.25, -0.2) is 0 Å². The Kier molecular flexibility index (Phi) is 10.4. The third-order valence-electron chi connectivity index (χ3n) is 3.40. The molecule has 0 rings (SSSR count). The molecule has 0 saturated carbocycles. The Hall–Kier alpha value is -0.0400. The van der Waals surface area contributed by atoms with Gasteiger partial charge in [-0.15, -0.1) is 0 Å². The molecule has 0 bridgehead atoms. The van der Waals surface area contributed by atoms with E-state index in [0.29, 0.717) is 6.04 Å². The Morgan fingerprint density at radius 2 is 1.60 bits per heavy atom. The lowest BCUT2D eigenvalue weighted by atomic mass is 10.0. The van der Waals surface area contributed by atoms with Crippen molar-refractivity contribution in [1.82, 2.24) is 5.32 Å². The molecule has 15 heavy (non-hydrogen) atoms. The van der Waals surface area contributed by atoms with Crippen LogP contribution in [-0.2, 0) is 0 Å². The fourth-order valence-electron chi connectivity index (χ4n) is 1.92. The molecule has 0 amide bonds. The minimum Gasteiger partial charge on any atom is -0.314 e. The van der Waals surface area contributed by atoms with Crippen LogP contribution in [0.1, 0.15) is 72.6 Å². The molecule has 0 aromatic carbocycles. The van der Waals surface area contributed by atoms with E-state index < -0.39 is 0 Å². The third kappa shape index (κ3) is 8.92.